The van der Waals surface area contributed by atoms with Crippen LogP contribution in [0.4, 0.5) is 0 Å². The molecule has 0 spiro atoms. The van der Waals surface area contributed by atoms with Gasteiger partial charge in [-0.2, -0.15) is 5.10 Å². The normalized spacial score (nSPS) is 10.3. The third-order valence-electron chi connectivity index (χ3n) is 3.92. The average Bonchev–Trinajstić information content (AvgIpc) is 3.07. The largest absolute Gasteiger partial charge is 0.428 e. The molecule has 0 unspecified atom stereocenters. The van der Waals surface area contributed by atoms with Gasteiger partial charge in [0.25, 0.3) is 0 Å². The van der Waals surface area contributed by atoms with Crippen LogP contribution >= 0.6 is 0 Å². The maximum absolute atomic E-state index is 12.4. The van der Waals surface area contributed by atoms with Crippen molar-refractivity contribution in [1.29, 1.82) is 0 Å². The van der Waals surface area contributed by atoms with Crippen molar-refractivity contribution in [3.8, 4) is 0 Å². The lowest BCUT2D eigenvalue weighted by Gasteiger charge is -2.10. The lowest BCUT2D eigenvalue weighted by molar-refractivity contribution is -0.150. The number of aromatic nitrogens is 2. The molecule has 0 amide bonds. The number of hydrogen-bond acceptors (Lipinski definition) is 9. The molecule has 0 saturated carbocycles. The van der Waals surface area contributed by atoms with Gasteiger partial charge in [-0.05, 0) is 25.0 Å². The first-order valence-electron chi connectivity index (χ1n) is 8.92. The van der Waals surface area contributed by atoms with E-state index in [0.717, 1.165) is 16.7 Å². The molecule has 0 aliphatic carbocycles. The minimum atomic E-state index is -0.885. The summed E-state index contributed by atoms with van der Waals surface area (Å²) in [5.41, 5.74) is 2.71. The molecule has 0 fully saturated rings. The molecule has 0 bridgehead atoms. The van der Waals surface area contributed by atoms with Crippen molar-refractivity contribution in [2.45, 2.75) is 34.2 Å². The summed E-state index contributed by atoms with van der Waals surface area (Å²) in [5, 5.41) is 4.12. The van der Waals surface area contributed by atoms with Crippen molar-refractivity contribution >= 4 is 23.9 Å². The van der Waals surface area contributed by atoms with Gasteiger partial charge in [-0.15, -0.1) is 0 Å². The SMILES string of the molecule is CC(=O)OCOC(=O)c1cc(C(=O)OCOC(C)=O)n(Cc2ccc(C)cc2C)n1. The summed E-state index contributed by atoms with van der Waals surface area (Å²) < 4.78 is 20.2. The van der Waals surface area contributed by atoms with Gasteiger partial charge in [-0.1, -0.05) is 23.8 Å². The van der Waals surface area contributed by atoms with Crippen LogP contribution in [0.2, 0.25) is 0 Å². The number of aryl methyl sites for hydroxylation is 2. The Balaban J connectivity index is 2.26. The van der Waals surface area contributed by atoms with Gasteiger partial charge in [0.05, 0.1) is 6.54 Å². The first kappa shape index (κ1) is 22.6. The van der Waals surface area contributed by atoms with Crippen LogP contribution in [-0.2, 0) is 35.1 Å². The highest BCUT2D eigenvalue weighted by molar-refractivity contribution is 5.93. The van der Waals surface area contributed by atoms with Crippen molar-refractivity contribution in [1.82, 2.24) is 9.78 Å². The standard InChI is InChI=1S/C20H22N2O8/c1-12-5-6-16(13(2)7-12)9-22-18(20(26)30-11-28-15(4)24)8-17(21-22)19(25)29-10-27-14(3)23/h5-8H,9-11H2,1-4H3. The van der Waals surface area contributed by atoms with Gasteiger partial charge in [-0.25, -0.2) is 9.59 Å². The second kappa shape index (κ2) is 10.2. The van der Waals surface area contributed by atoms with E-state index in [1.165, 1.54) is 24.6 Å². The summed E-state index contributed by atoms with van der Waals surface area (Å²) in [6.07, 6.45) is 0. The zero-order chi connectivity index (χ0) is 22.3. The lowest BCUT2D eigenvalue weighted by atomic mass is 10.1. The Bertz CT molecular complexity index is 964. The Morgan fingerprint density at radius 3 is 2.03 bits per heavy atom. The van der Waals surface area contributed by atoms with E-state index in [2.05, 4.69) is 14.6 Å². The number of ether oxygens (including phenoxy) is 4. The molecular weight excluding hydrogens is 396 g/mol. The predicted molar refractivity (Wildman–Crippen MR) is 101 cm³/mol. The van der Waals surface area contributed by atoms with Gasteiger partial charge in [0.1, 0.15) is 5.69 Å². The minimum Gasteiger partial charge on any atom is -0.428 e. The summed E-state index contributed by atoms with van der Waals surface area (Å²) in [5.74, 6) is -2.95. The maximum atomic E-state index is 12.4. The molecule has 0 saturated heterocycles. The quantitative estimate of drug-likeness (QED) is 0.467. The molecular formula is C20H22N2O8. The number of rotatable bonds is 8. The van der Waals surface area contributed by atoms with Gasteiger partial charge in [0, 0.05) is 19.9 Å². The molecule has 160 valence electrons. The molecule has 30 heavy (non-hydrogen) atoms. The molecule has 2 rings (SSSR count). The highest BCUT2D eigenvalue weighted by Crippen LogP contribution is 2.15. The predicted octanol–water partition coefficient (Wildman–Crippen LogP) is 1.90. The number of benzene rings is 1. The van der Waals surface area contributed by atoms with E-state index in [-0.39, 0.29) is 17.9 Å². The Kier molecular flexibility index (Phi) is 7.68. The van der Waals surface area contributed by atoms with E-state index in [0.29, 0.717) is 0 Å². The van der Waals surface area contributed by atoms with Crippen LogP contribution < -0.4 is 0 Å². The fourth-order valence-corrected chi connectivity index (χ4v) is 2.47. The Hall–Kier alpha value is -3.69. The number of esters is 4. The maximum Gasteiger partial charge on any atom is 0.361 e. The van der Waals surface area contributed by atoms with E-state index in [4.69, 9.17) is 9.47 Å². The van der Waals surface area contributed by atoms with Crippen LogP contribution in [-0.4, -0.2) is 47.2 Å². The molecule has 1 heterocycles. The van der Waals surface area contributed by atoms with Gasteiger partial charge in [0.2, 0.25) is 13.6 Å². The van der Waals surface area contributed by atoms with Crippen LogP contribution in [0, 0.1) is 13.8 Å². The van der Waals surface area contributed by atoms with Gasteiger partial charge < -0.3 is 18.9 Å². The third kappa shape index (κ3) is 6.43. The second-order valence-corrected chi connectivity index (χ2v) is 6.37. The molecule has 1 aromatic carbocycles. The van der Waals surface area contributed by atoms with E-state index >= 15 is 0 Å². The average molecular weight is 418 g/mol. The van der Waals surface area contributed by atoms with E-state index in [1.807, 2.05) is 32.0 Å². The summed E-state index contributed by atoms with van der Waals surface area (Å²) in [4.78, 5) is 46.2. The van der Waals surface area contributed by atoms with Gasteiger partial charge in [-0.3, -0.25) is 14.3 Å². The molecule has 10 heteroatoms. The van der Waals surface area contributed by atoms with Crippen LogP contribution in [0.25, 0.3) is 0 Å². The lowest BCUT2D eigenvalue weighted by Crippen LogP contribution is -2.17. The van der Waals surface area contributed by atoms with Gasteiger partial charge >= 0.3 is 23.9 Å². The highest BCUT2D eigenvalue weighted by atomic mass is 16.7. The van der Waals surface area contributed by atoms with Crippen molar-refractivity contribution in [3.63, 3.8) is 0 Å². The topological polar surface area (TPSA) is 123 Å². The van der Waals surface area contributed by atoms with E-state index < -0.39 is 37.5 Å². The number of hydrogen-bond donors (Lipinski definition) is 0. The second-order valence-electron chi connectivity index (χ2n) is 6.37. The summed E-state index contributed by atoms with van der Waals surface area (Å²) in [6, 6.07) is 6.97. The van der Waals surface area contributed by atoms with E-state index in [9.17, 15) is 19.2 Å². The van der Waals surface area contributed by atoms with Crippen LogP contribution in [0.3, 0.4) is 0 Å². The van der Waals surface area contributed by atoms with Crippen molar-refractivity contribution in [2.75, 3.05) is 13.6 Å². The molecule has 2 aromatic rings. The zero-order valence-electron chi connectivity index (χ0n) is 17.1. The zero-order valence-corrected chi connectivity index (χ0v) is 17.1. The number of nitrogens with zero attached hydrogens (tertiary/aromatic N) is 2. The van der Waals surface area contributed by atoms with Crippen molar-refractivity contribution < 1.29 is 38.1 Å². The Morgan fingerprint density at radius 2 is 1.47 bits per heavy atom. The molecule has 0 radical (unpaired) electrons. The summed E-state index contributed by atoms with van der Waals surface area (Å²) in [7, 11) is 0. The highest BCUT2D eigenvalue weighted by Gasteiger charge is 2.22. The van der Waals surface area contributed by atoms with Gasteiger partial charge in [0.15, 0.2) is 5.69 Å². The molecule has 0 N–H and O–H groups in total. The molecule has 0 aliphatic rings. The number of carbonyl (C=O) groups is 4. The van der Waals surface area contributed by atoms with Crippen molar-refractivity contribution in [2.24, 2.45) is 0 Å². The Labute approximate surface area is 172 Å². The fourth-order valence-electron chi connectivity index (χ4n) is 2.47. The van der Waals surface area contributed by atoms with E-state index in [1.54, 1.807) is 0 Å². The number of carbonyl (C=O) groups excluding carboxylic acids is 4. The smallest absolute Gasteiger partial charge is 0.361 e. The third-order valence-corrected chi connectivity index (χ3v) is 3.92. The first-order valence-corrected chi connectivity index (χ1v) is 8.92. The summed E-state index contributed by atoms with van der Waals surface area (Å²) in [6.45, 7) is 5.25. The first-order chi connectivity index (χ1) is 14.2. The molecule has 1 aromatic heterocycles. The van der Waals surface area contributed by atoms with Crippen LogP contribution in [0.15, 0.2) is 24.3 Å². The summed E-state index contributed by atoms with van der Waals surface area (Å²) >= 11 is 0. The Morgan fingerprint density at radius 1 is 0.867 bits per heavy atom. The molecule has 0 aliphatic heterocycles. The van der Waals surface area contributed by atoms with Crippen LogP contribution in [0.5, 0.6) is 0 Å². The van der Waals surface area contributed by atoms with Crippen molar-refractivity contribution in [3.05, 3.63) is 52.3 Å². The minimum absolute atomic E-state index is 0.0402. The fraction of sp³-hybridized carbons (Fsp3) is 0.350. The molecule has 0 atom stereocenters. The molecule has 10 nitrogen and oxygen atoms in total. The monoisotopic (exact) mass is 418 g/mol. The van der Waals surface area contributed by atoms with Crippen LogP contribution in [0.1, 0.15) is 51.5 Å².